The van der Waals surface area contributed by atoms with Crippen LogP contribution in [0.15, 0.2) is 42.1 Å². The number of carbonyl (C=O) groups excluding carboxylic acids is 6. The minimum Gasteiger partial charge on any atom is -0.480 e. The lowest BCUT2D eigenvalue weighted by molar-refractivity contribution is -0.142. The lowest BCUT2D eigenvalue weighted by atomic mass is 9.76. The average molecular weight is 826 g/mol. The largest absolute Gasteiger partial charge is 0.480 e. The Kier molecular flexibility index (Phi) is 17.1. The molecule has 320 valence electrons. The molecule has 0 aliphatic carbocycles. The number of likely N-dealkylation sites (N-methyl/N-ethyl adjacent to an activating group) is 2. The third kappa shape index (κ3) is 12.2. The van der Waals surface area contributed by atoms with Gasteiger partial charge in [-0.3, -0.25) is 33.7 Å². The first-order valence-electron chi connectivity index (χ1n) is 19.8. The zero-order valence-corrected chi connectivity index (χ0v) is 36.5. The fourth-order valence-corrected chi connectivity index (χ4v) is 7.83. The van der Waals surface area contributed by atoms with Crippen LogP contribution in [0.25, 0.3) is 10.9 Å². The summed E-state index contributed by atoms with van der Waals surface area (Å²) in [6, 6.07) is 5.41. The smallest absolute Gasteiger partial charge is 0.326 e. The molecule has 3 unspecified atom stereocenters. The van der Waals surface area contributed by atoms with Gasteiger partial charge >= 0.3 is 5.97 Å². The number of nitrogens with one attached hydrogen (secondary N) is 4. The fourth-order valence-electron chi connectivity index (χ4n) is 7.19. The molecule has 1 aliphatic rings. The Hall–Kier alpha value is -4.70. The summed E-state index contributed by atoms with van der Waals surface area (Å²) in [5.74, 6) is -3.13. The van der Waals surface area contributed by atoms with Crippen molar-refractivity contribution in [1.29, 1.82) is 0 Å². The second-order valence-electron chi connectivity index (χ2n) is 16.7. The number of hydrogen-bond acceptors (Lipinski definition) is 9. The first-order chi connectivity index (χ1) is 27.1. The van der Waals surface area contributed by atoms with E-state index in [1.165, 1.54) is 16.7 Å². The molecule has 0 saturated carbocycles. The van der Waals surface area contributed by atoms with E-state index in [1.807, 2.05) is 76.7 Å². The van der Waals surface area contributed by atoms with Crippen molar-refractivity contribution in [1.82, 2.24) is 35.6 Å². The van der Waals surface area contributed by atoms with Gasteiger partial charge < -0.3 is 35.8 Å². The van der Waals surface area contributed by atoms with Gasteiger partial charge in [0.2, 0.25) is 35.4 Å². The van der Waals surface area contributed by atoms with Gasteiger partial charge in [-0.05, 0) is 63.0 Å². The number of carboxylic acids is 1. The average Bonchev–Trinajstić information content (AvgIpc) is 3.65. The predicted molar refractivity (Wildman–Crippen MR) is 226 cm³/mol. The van der Waals surface area contributed by atoms with Crippen molar-refractivity contribution in [3.63, 3.8) is 0 Å². The molecule has 2 aromatic rings. The van der Waals surface area contributed by atoms with Crippen molar-refractivity contribution in [3.8, 4) is 0 Å². The van der Waals surface area contributed by atoms with E-state index < -0.39 is 46.1 Å². The van der Waals surface area contributed by atoms with Crippen molar-refractivity contribution in [2.75, 3.05) is 40.0 Å². The van der Waals surface area contributed by atoms with Gasteiger partial charge in [0.1, 0.15) is 12.1 Å². The number of fused-ring (bicyclic) bond motifs is 1. The summed E-state index contributed by atoms with van der Waals surface area (Å²) in [5.41, 5.74) is 1.18. The molecule has 0 spiro atoms. The number of hydrogen-bond donors (Lipinski definition) is 5. The highest BCUT2D eigenvalue weighted by molar-refractivity contribution is 8.00. The second-order valence-corrected chi connectivity index (χ2v) is 17.7. The first-order valence-corrected chi connectivity index (χ1v) is 21.1. The monoisotopic (exact) mass is 825 g/mol. The van der Waals surface area contributed by atoms with Gasteiger partial charge in [0, 0.05) is 74.7 Å². The maximum Gasteiger partial charge on any atom is 0.326 e. The predicted octanol–water partition coefficient (Wildman–Crippen LogP) is 3.11. The quantitative estimate of drug-likeness (QED) is 0.0709. The number of benzene rings is 1. The molecule has 15 nitrogen and oxygen atoms in total. The highest BCUT2D eigenvalue weighted by atomic mass is 32.2. The number of carbonyl (C=O) groups is 7. The van der Waals surface area contributed by atoms with Crippen LogP contribution in [0.1, 0.15) is 85.6 Å². The molecule has 0 bridgehead atoms. The van der Waals surface area contributed by atoms with Crippen LogP contribution in [0, 0.1) is 5.41 Å². The van der Waals surface area contributed by atoms with Crippen molar-refractivity contribution < 1.29 is 38.7 Å². The number of likely N-dealkylation sites (tertiary alicyclic amines) is 1. The lowest BCUT2D eigenvalue weighted by Gasteiger charge is -2.38. The fraction of sp³-hybridized carbons (Fsp3) is 0.595. The van der Waals surface area contributed by atoms with Crippen molar-refractivity contribution >= 4 is 64.1 Å². The molecule has 1 aromatic heterocycles. The van der Waals surface area contributed by atoms with E-state index in [-0.39, 0.29) is 74.9 Å². The first kappa shape index (κ1) is 47.7. The molecule has 2 heterocycles. The zero-order chi connectivity index (χ0) is 43.5. The van der Waals surface area contributed by atoms with Crippen LogP contribution in [0.3, 0.4) is 0 Å². The highest BCUT2D eigenvalue weighted by Crippen LogP contribution is 2.35. The Bertz CT molecular complexity index is 1870. The molecule has 1 aromatic carbocycles. The van der Waals surface area contributed by atoms with Crippen LogP contribution >= 0.6 is 11.8 Å². The maximum absolute atomic E-state index is 14.0. The number of aryl methyl sites for hydroxylation is 1. The SMILES string of the molecule is CNC(C(=O)NC(C(=O)N(C)C/C=C(\C)C(=O)NCCCC[C@@H](NC(=O)CCCN1C(=O)CC(SC)C1=O)C(=O)O)C(C)(C)C)C(C)(C)c1cn(C)c2ccccc12. The molecule has 1 aliphatic heterocycles. The van der Waals surface area contributed by atoms with Crippen molar-refractivity contribution in [3.05, 3.63) is 47.7 Å². The Morgan fingerprint density at radius 1 is 1.02 bits per heavy atom. The minimum atomic E-state index is -1.18. The number of nitrogens with zero attached hydrogens (tertiary/aromatic N) is 3. The van der Waals surface area contributed by atoms with E-state index >= 15 is 0 Å². The van der Waals surface area contributed by atoms with Gasteiger partial charge in [-0.15, -0.1) is 0 Å². The standard InChI is InChI=1S/C42H63N7O8S/c1-26(36(52)44-21-14-13-17-29(40(56)57)45-32(50)19-15-22-49-33(51)24-31(58-10)38(49)54)20-23-47(8)39(55)35(41(2,3)4)46-37(53)34(43-7)42(5,6)28-25-48(9)30-18-12-11-16-27(28)30/h11-12,16,18,20,25,29,31,34-35,43H,13-15,17,19,21-24H2,1-10H3,(H,44,52)(H,45,50)(H,46,53)(H,56,57)/b26-20+/t29-,31?,34?,35?/m1/s1. The number of unbranched alkanes of at least 4 members (excludes halogenated alkanes) is 1. The molecule has 4 atom stereocenters. The number of aromatic nitrogens is 1. The van der Waals surface area contributed by atoms with Gasteiger partial charge in [-0.25, -0.2) is 4.79 Å². The Morgan fingerprint density at radius 3 is 2.29 bits per heavy atom. The Morgan fingerprint density at radius 2 is 1.69 bits per heavy atom. The minimum absolute atomic E-state index is 0.0273. The van der Waals surface area contributed by atoms with Crippen molar-refractivity contribution in [2.45, 2.75) is 109 Å². The van der Waals surface area contributed by atoms with Gasteiger partial charge in [0.15, 0.2) is 0 Å². The summed E-state index contributed by atoms with van der Waals surface area (Å²) in [6.07, 6.45) is 6.83. The van der Waals surface area contributed by atoms with Crippen LogP contribution in [0.4, 0.5) is 0 Å². The number of amides is 6. The third-order valence-electron chi connectivity index (χ3n) is 10.8. The molecular formula is C42H63N7O8S. The van der Waals surface area contributed by atoms with Crippen LogP contribution in [-0.4, -0.2) is 124 Å². The topological polar surface area (TPSA) is 199 Å². The highest BCUT2D eigenvalue weighted by Gasteiger charge is 2.42. The van der Waals surface area contributed by atoms with E-state index in [1.54, 1.807) is 33.4 Å². The summed E-state index contributed by atoms with van der Waals surface area (Å²) in [7, 11) is 5.33. The molecule has 6 amide bonds. The number of rotatable bonds is 21. The van der Waals surface area contributed by atoms with Gasteiger partial charge in [0.05, 0.1) is 11.3 Å². The van der Waals surface area contributed by atoms with Gasteiger partial charge in [-0.2, -0.15) is 11.8 Å². The molecule has 1 saturated heterocycles. The van der Waals surface area contributed by atoms with E-state index in [0.29, 0.717) is 18.4 Å². The van der Waals surface area contributed by atoms with Gasteiger partial charge in [-0.1, -0.05) is 58.9 Å². The maximum atomic E-state index is 14.0. The summed E-state index contributed by atoms with van der Waals surface area (Å²) < 4.78 is 2.04. The number of para-hydroxylation sites is 1. The molecule has 16 heteroatoms. The zero-order valence-electron chi connectivity index (χ0n) is 35.7. The molecule has 5 N–H and O–H groups in total. The number of aliphatic carboxylic acids is 1. The van der Waals surface area contributed by atoms with E-state index in [2.05, 4.69) is 21.3 Å². The summed E-state index contributed by atoms with van der Waals surface area (Å²) in [6.45, 7) is 11.8. The van der Waals surface area contributed by atoms with E-state index in [0.717, 1.165) is 21.4 Å². The second kappa shape index (κ2) is 20.8. The van der Waals surface area contributed by atoms with E-state index in [4.69, 9.17) is 0 Å². The van der Waals surface area contributed by atoms with Crippen LogP contribution in [-0.2, 0) is 46.0 Å². The number of carboxylic acid groups (broad SMARTS) is 1. The Balaban J connectivity index is 1.48. The summed E-state index contributed by atoms with van der Waals surface area (Å²) >= 11 is 1.31. The van der Waals surface area contributed by atoms with Crippen LogP contribution in [0.2, 0.25) is 0 Å². The Labute approximate surface area is 346 Å². The summed E-state index contributed by atoms with van der Waals surface area (Å²) in [5, 5.41) is 21.8. The van der Waals surface area contributed by atoms with E-state index in [9.17, 15) is 38.7 Å². The number of thioether (sulfide) groups is 1. The molecule has 1 fully saturated rings. The van der Waals surface area contributed by atoms with Crippen molar-refractivity contribution in [2.24, 2.45) is 12.5 Å². The normalized spacial score (nSPS) is 16.6. The van der Waals surface area contributed by atoms with Crippen LogP contribution in [0.5, 0.6) is 0 Å². The molecular weight excluding hydrogens is 763 g/mol. The van der Waals surface area contributed by atoms with Gasteiger partial charge in [0.25, 0.3) is 0 Å². The summed E-state index contributed by atoms with van der Waals surface area (Å²) in [4.78, 5) is 91.9. The molecule has 58 heavy (non-hydrogen) atoms. The molecule has 3 rings (SSSR count). The van der Waals surface area contributed by atoms with Crippen LogP contribution < -0.4 is 21.3 Å². The lowest BCUT2D eigenvalue weighted by Crippen LogP contribution is -2.60. The molecule has 0 radical (unpaired) electrons. The third-order valence-corrected chi connectivity index (χ3v) is 11.7. The number of imide groups is 1.